The van der Waals surface area contributed by atoms with Crippen molar-refractivity contribution in [3.63, 3.8) is 0 Å². The molecule has 2 aromatic heterocycles. The average molecular weight is 513 g/mol. The zero-order valence-corrected chi connectivity index (χ0v) is 22.0. The molecule has 2 aromatic rings. The monoisotopic (exact) mass is 514 g/mol. The Hall–Kier alpha value is -0.0113. The van der Waals surface area contributed by atoms with E-state index in [1.807, 2.05) is 11.3 Å². The summed E-state index contributed by atoms with van der Waals surface area (Å²) in [5.41, 5.74) is 0. The Morgan fingerprint density at radius 1 is 1.15 bits per heavy atom. The van der Waals surface area contributed by atoms with Gasteiger partial charge in [-0.1, -0.05) is 0 Å². The maximum absolute atomic E-state index is 12.0. The second-order valence-corrected chi connectivity index (χ2v) is 15.6. The number of imidazole rings is 1. The van der Waals surface area contributed by atoms with Gasteiger partial charge in [0.1, 0.15) is 0 Å². The summed E-state index contributed by atoms with van der Waals surface area (Å²) in [6, 6.07) is 0. The van der Waals surface area contributed by atoms with Crippen LogP contribution in [0.1, 0.15) is 96.1 Å². The summed E-state index contributed by atoms with van der Waals surface area (Å²) in [5, 5.41) is 1.01. The van der Waals surface area contributed by atoms with Crippen molar-refractivity contribution in [1.82, 2.24) is 9.38 Å². The average Bonchev–Trinajstić information content (AvgIpc) is 3.20. The number of carbonyl (C=O) groups is 1. The van der Waals surface area contributed by atoms with Gasteiger partial charge in [0.15, 0.2) is 0 Å². The molecule has 6 heteroatoms. The minimum absolute atomic E-state index is 0.0641. The van der Waals surface area contributed by atoms with Gasteiger partial charge >= 0.3 is 184 Å². The van der Waals surface area contributed by atoms with Crippen molar-refractivity contribution >= 4 is 57.7 Å². The van der Waals surface area contributed by atoms with Gasteiger partial charge < -0.3 is 0 Å². The molecule has 3 nitrogen and oxygen atoms in total. The number of fused-ring (bicyclic) bond motifs is 1. The third kappa shape index (κ3) is 5.98. The number of aromatic nitrogens is 2. The van der Waals surface area contributed by atoms with E-state index < -0.39 is 21.1 Å². The van der Waals surface area contributed by atoms with Gasteiger partial charge in [0.25, 0.3) is 0 Å². The Morgan fingerprint density at radius 2 is 1.70 bits per heavy atom. The summed E-state index contributed by atoms with van der Waals surface area (Å²) in [6.07, 6.45) is 16.5. The summed E-state index contributed by atoms with van der Waals surface area (Å²) in [6.45, 7) is 8.59. The Morgan fingerprint density at radius 3 is 2.15 bits per heavy atom. The summed E-state index contributed by atoms with van der Waals surface area (Å²) < 4.78 is 4.24. The molecule has 0 unspecified atom stereocenters. The van der Waals surface area contributed by atoms with Crippen LogP contribution in [0.4, 0.5) is 0 Å². The van der Waals surface area contributed by atoms with Gasteiger partial charge in [-0.3, -0.25) is 0 Å². The van der Waals surface area contributed by atoms with Crippen molar-refractivity contribution in [1.29, 1.82) is 0 Å². The van der Waals surface area contributed by atoms with Gasteiger partial charge in [0.2, 0.25) is 0 Å². The van der Waals surface area contributed by atoms with E-state index in [1.54, 1.807) is 21.6 Å². The molecule has 0 aliphatic carbocycles. The summed E-state index contributed by atoms with van der Waals surface area (Å²) in [4.78, 5) is 17.8. The van der Waals surface area contributed by atoms with Crippen LogP contribution in [-0.4, -0.2) is 42.6 Å². The van der Waals surface area contributed by atoms with Crippen LogP contribution >= 0.6 is 23.1 Å². The van der Waals surface area contributed by atoms with Gasteiger partial charge in [-0.15, -0.1) is 0 Å². The van der Waals surface area contributed by atoms with Crippen molar-refractivity contribution < 1.29 is 4.79 Å². The van der Waals surface area contributed by atoms with Crippen LogP contribution in [0.2, 0.25) is 3.43 Å². The van der Waals surface area contributed by atoms with E-state index in [-0.39, 0.29) is 5.78 Å². The first-order valence-electron chi connectivity index (χ1n) is 10.3. The summed E-state index contributed by atoms with van der Waals surface area (Å²) in [5.74, 6) is 0.673. The van der Waals surface area contributed by atoms with Gasteiger partial charge in [-0.05, 0) is 0 Å². The van der Waals surface area contributed by atoms with Crippen molar-refractivity contribution in [2.75, 3.05) is 6.26 Å². The first-order valence-corrected chi connectivity index (χ1v) is 15.2. The number of rotatable bonds is 13. The molecule has 0 amide bonds. The van der Waals surface area contributed by atoms with E-state index in [9.17, 15) is 4.79 Å². The van der Waals surface area contributed by atoms with Gasteiger partial charge in [0.05, 0.1) is 0 Å². The fraction of sp³-hybridized carbons (Fsp3) is 0.714. The van der Waals surface area contributed by atoms with Gasteiger partial charge in [0, 0.05) is 0 Å². The number of hydrogen-bond acceptors (Lipinski definition) is 4. The van der Waals surface area contributed by atoms with E-state index >= 15 is 0 Å². The molecule has 0 N–H and O–H groups in total. The van der Waals surface area contributed by atoms with Crippen LogP contribution in [0.25, 0.3) is 4.83 Å². The van der Waals surface area contributed by atoms with Crippen LogP contribution < -0.4 is 2.89 Å². The Kier molecular flexibility index (Phi) is 9.69. The van der Waals surface area contributed by atoms with Crippen LogP contribution in [0.3, 0.4) is 0 Å². The maximum atomic E-state index is 12.0. The normalized spacial score (nSPS) is 12.2. The molecule has 27 heavy (non-hydrogen) atoms. The van der Waals surface area contributed by atoms with E-state index in [1.165, 1.54) is 62.6 Å². The molecular weight excluding hydrogens is 479 g/mol. The van der Waals surface area contributed by atoms with Crippen molar-refractivity contribution in [3.8, 4) is 0 Å². The van der Waals surface area contributed by atoms with Crippen LogP contribution in [0.5, 0.6) is 0 Å². The fourth-order valence-electron chi connectivity index (χ4n) is 3.67. The molecule has 0 spiro atoms. The molecule has 0 bridgehead atoms. The molecule has 0 fully saturated rings. The number of ketones is 1. The number of hydrogen-bond donors (Lipinski definition) is 0. The Balaban J connectivity index is 2.37. The van der Waals surface area contributed by atoms with E-state index in [0.717, 1.165) is 5.03 Å². The van der Waals surface area contributed by atoms with Gasteiger partial charge in [-0.25, -0.2) is 0 Å². The molecular formula is C21H34N2OS2Sn. The topological polar surface area (TPSA) is 34.4 Å². The van der Waals surface area contributed by atoms with E-state index in [0.29, 0.717) is 9.26 Å². The second-order valence-electron chi connectivity index (χ2n) is 7.49. The molecule has 0 saturated heterocycles. The quantitative estimate of drug-likeness (QED) is 0.177. The first-order chi connectivity index (χ1) is 13.0. The van der Waals surface area contributed by atoms with Crippen molar-refractivity contribution in [2.24, 2.45) is 0 Å². The molecule has 0 saturated carbocycles. The molecule has 0 atom stereocenters. The number of carbonyl (C=O) groups excluding carboxylic acids is 1. The summed E-state index contributed by atoms with van der Waals surface area (Å²) in [7, 11) is 0. The fourth-order valence-corrected chi connectivity index (χ4v) is 12.6. The first kappa shape index (κ1) is 23.3. The van der Waals surface area contributed by atoms with Crippen molar-refractivity contribution in [2.45, 2.75) is 93.9 Å². The molecule has 0 aromatic carbocycles. The predicted octanol–water partition coefficient (Wildman–Crippen LogP) is 6.38. The van der Waals surface area contributed by atoms with Crippen LogP contribution in [0.15, 0.2) is 11.2 Å². The van der Waals surface area contributed by atoms with Crippen LogP contribution in [0, 0.1) is 0 Å². The number of nitrogens with zero attached hydrogens (tertiary/aromatic N) is 2. The Labute approximate surface area is 183 Å². The standard InChI is InChI=1S/C13H27.C8H7N2OS2.Sn/c1-4-7-10-13(11-8-5-2)12-9-6-3;1-5(11)6-9-7(12-2)8-10(6)3-4-13-8;/h4-12H2,1-3H3;3H,1-2H3;. The zero-order valence-electron chi connectivity index (χ0n) is 17.6. The van der Waals surface area contributed by atoms with Crippen LogP contribution in [-0.2, 0) is 0 Å². The molecule has 150 valence electrons. The Bertz CT molecular complexity index is 716. The van der Waals surface area contributed by atoms with Gasteiger partial charge in [-0.2, -0.15) is 0 Å². The molecule has 2 rings (SSSR count). The van der Waals surface area contributed by atoms with Crippen molar-refractivity contribution in [3.05, 3.63) is 12.0 Å². The molecule has 0 aliphatic heterocycles. The third-order valence-electron chi connectivity index (χ3n) is 5.21. The minimum atomic E-state index is -0.758. The number of Topliss-reactive ketones (excluding diaryl/α,β-unsaturated/α-hetero) is 1. The molecule has 0 aliphatic rings. The SMILES string of the molecule is CCCC[C](CCCC)(CCCC)[Sn][c]1cn2c(C(C)=O)nc(SC)c2s1. The van der Waals surface area contributed by atoms with E-state index in [4.69, 9.17) is 0 Å². The van der Waals surface area contributed by atoms with E-state index in [2.05, 4.69) is 42.6 Å². The predicted molar refractivity (Wildman–Crippen MR) is 122 cm³/mol. The molecule has 2 heterocycles. The number of thiazole rings is 1. The third-order valence-corrected chi connectivity index (χ3v) is 13.2. The zero-order chi connectivity index (χ0) is 19.9. The number of unbranched alkanes of at least 4 members (excludes halogenated alkanes) is 3. The molecule has 2 radical (unpaired) electrons. The number of thioether (sulfide) groups is 1. The summed E-state index contributed by atoms with van der Waals surface area (Å²) >= 11 is 2.81. The second kappa shape index (κ2) is 11.2.